The number of hydrogen-bond acceptors (Lipinski definition) is 6. The Kier molecular flexibility index (Phi) is 4.66. The summed E-state index contributed by atoms with van der Waals surface area (Å²) < 4.78 is 3.86. The first kappa shape index (κ1) is 18.3. The van der Waals surface area contributed by atoms with Crippen molar-refractivity contribution in [3.63, 3.8) is 0 Å². The smallest absolute Gasteiger partial charge is 0.233 e. The van der Waals surface area contributed by atoms with Gasteiger partial charge in [-0.3, -0.25) is 14.5 Å². The third-order valence-corrected chi connectivity index (χ3v) is 5.49. The maximum absolute atomic E-state index is 13.2. The molecule has 1 unspecified atom stereocenters. The third kappa shape index (κ3) is 3.06. The molecule has 0 saturated carbocycles. The largest absolute Gasteiger partial charge is 0.341 e. The molecule has 0 saturated heterocycles. The average Bonchev–Trinajstić information content (AvgIpc) is 3.24. The fourth-order valence-electron chi connectivity index (χ4n) is 3.84. The van der Waals surface area contributed by atoms with Crippen molar-refractivity contribution in [3.05, 3.63) is 41.4 Å². The molecular weight excluding hydrogens is 356 g/mol. The fourth-order valence-corrected chi connectivity index (χ4v) is 3.84. The maximum atomic E-state index is 13.2. The molecule has 4 heterocycles. The summed E-state index contributed by atoms with van der Waals surface area (Å²) in [5, 5.41) is 13.1. The van der Waals surface area contributed by atoms with E-state index in [4.69, 9.17) is 0 Å². The van der Waals surface area contributed by atoms with Crippen LogP contribution in [-0.2, 0) is 24.9 Å². The van der Waals surface area contributed by atoms with Gasteiger partial charge in [0, 0.05) is 50.8 Å². The van der Waals surface area contributed by atoms with Crippen molar-refractivity contribution >= 4 is 5.91 Å². The molecule has 1 atom stereocenters. The highest BCUT2D eigenvalue weighted by atomic mass is 16.2. The van der Waals surface area contributed by atoms with Crippen molar-refractivity contribution in [1.29, 1.82) is 0 Å². The number of carbonyl (C=O) groups excluding carboxylic acids is 1. The van der Waals surface area contributed by atoms with E-state index in [0.717, 1.165) is 36.3 Å². The second-order valence-corrected chi connectivity index (χ2v) is 7.29. The van der Waals surface area contributed by atoms with E-state index in [9.17, 15) is 4.79 Å². The Morgan fingerprint density at radius 3 is 2.79 bits per heavy atom. The lowest BCUT2D eigenvalue weighted by Crippen LogP contribution is -2.34. The van der Waals surface area contributed by atoms with Gasteiger partial charge in [-0.2, -0.15) is 5.10 Å². The zero-order valence-electron chi connectivity index (χ0n) is 16.6. The van der Waals surface area contributed by atoms with Crippen LogP contribution >= 0.6 is 0 Å². The number of amides is 1. The molecule has 9 nitrogen and oxygen atoms in total. The normalized spacial score (nSPS) is 16.1. The Morgan fingerprint density at radius 2 is 2.11 bits per heavy atom. The van der Waals surface area contributed by atoms with E-state index in [1.54, 1.807) is 23.5 Å². The molecule has 3 aromatic rings. The first-order chi connectivity index (χ1) is 13.5. The van der Waals surface area contributed by atoms with Gasteiger partial charge < -0.3 is 9.47 Å². The molecule has 0 aromatic carbocycles. The molecule has 1 amide bonds. The topological polar surface area (TPSA) is 94.6 Å². The van der Waals surface area contributed by atoms with E-state index < -0.39 is 0 Å². The highest BCUT2D eigenvalue weighted by Crippen LogP contribution is 2.31. The first-order valence-electron chi connectivity index (χ1n) is 9.41. The van der Waals surface area contributed by atoms with Gasteiger partial charge in [-0.15, -0.1) is 10.2 Å². The highest BCUT2D eigenvalue weighted by Gasteiger charge is 2.33. The van der Waals surface area contributed by atoms with Crippen molar-refractivity contribution < 1.29 is 4.79 Å². The van der Waals surface area contributed by atoms with Gasteiger partial charge in [-0.25, -0.2) is 4.98 Å². The predicted octanol–water partition coefficient (Wildman–Crippen LogP) is 1.62. The number of rotatable bonds is 4. The minimum absolute atomic E-state index is 0.0571. The third-order valence-electron chi connectivity index (χ3n) is 5.49. The van der Waals surface area contributed by atoms with Crippen LogP contribution in [0.1, 0.15) is 41.5 Å². The second-order valence-electron chi connectivity index (χ2n) is 7.29. The zero-order valence-corrected chi connectivity index (χ0v) is 16.6. The van der Waals surface area contributed by atoms with Gasteiger partial charge in [0.1, 0.15) is 11.5 Å². The Bertz CT molecular complexity index is 1010. The Labute approximate surface area is 163 Å². The Hall–Kier alpha value is -3.10. The molecule has 28 heavy (non-hydrogen) atoms. The molecule has 0 fully saturated rings. The summed E-state index contributed by atoms with van der Waals surface area (Å²) in [4.78, 5) is 23.4. The first-order valence-corrected chi connectivity index (χ1v) is 9.41. The lowest BCUT2D eigenvalue weighted by atomic mass is 9.97. The number of likely N-dealkylation sites (N-methyl/N-ethyl adjacent to an activating group) is 1. The molecule has 0 radical (unpaired) electrons. The quantitative estimate of drug-likeness (QED) is 0.683. The summed E-state index contributed by atoms with van der Waals surface area (Å²) in [5.74, 6) is 1.14. The van der Waals surface area contributed by atoms with Gasteiger partial charge in [0.15, 0.2) is 5.82 Å². The lowest BCUT2D eigenvalue weighted by Gasteiger charge is -2.27. The van der Waals surface area contributed by atoms with Gasteiger partial charge in [-0.1, -0.05) is 0 Å². The summed E-state index contributed by atoms with van der Waals surface area (Å²) in [6.07, 6.45) is 6.60. The summed E-state index contributed by atoms with van der Waals surface area (Å²) in [7, 11) is 3.76. The lowest BCUT2D eigenvalue weighted by molar-refractivity contribution is -0.132. The van der Waals surface area contributed by atoms with Crippen LogP contribution in [0.3, 0.4) is 0 Å². The molecular formula is C19H24N8O. The van der Waals surface area contributed by atoms with Gasteiger partial charge in [-0.05, 0) is 26.7 Å². The minimum Gasteiger partial charge on any atom is -0.341 e. The number of hydrogen-bond donors (Lipinski definition) is 0. The number of aromatic nitrogens is 7. The Morgan fingerprint density at radius 1 is 1.29 bits per heavy atom. The number of aryl methyl sites for hydroxylation is 2. The van der Waals surface area contributed by atoms with E-state index in [-0.39, 0.29) is 11.8 Å². The molecule has 3 aromatic heterocycles. The molecule has 1 aliphatic rings. The van der Waals surface area contributed by atoms with Crippen molar-refractivity contribution in [2.45, 2.75) is 45.7 Å². The SMILES string of the molecule is Cc1nn(C)c(C)c1CN(C)C(=O)C1CCCn2c(-c3cnccn3)nnc21. The van der Waals surface area contributed by atoms with Gasteiger partial charge in [0.2, 0.25) is 5.91 Å². The summed E-state index contributed by atoms with van der Waals surface area (Å²) in [6.45, 7) is 5.32. The van der Waals surface area contributed by atoms with Crippen LogP contribution in [-0.4, -0.2) is 52.4 Å². The van der Waals surface area contributed by atoms with Gasteiger partial charge in [0.05, 0.1) is 17.8 Å². The average molecular weight is 380 g/mol. The number of carbonyl (C=O) groups is 1. The molecule has 146 valence electrons. The van der Waals surface area contributed by atoms with Crippen LogP contribution in [0, 0.1) is 13.8 Å². The van der Waals surface area contributed by atoms with Crippen molar-refractivity contribution in [2.24, 2.45) is 7.05 Å². The van der Waals surface area contributed by atoms with Gasteiger partial charge in [0.25, 0.3) is 0 Å². The van der Waals surface area contributed by atoms with E-state index in [1.165, 1.54) is 0 Å². The van der Waals surface area contributed by atoms with Crippen LogP contribution in [0.25, 0.3) is 11.5 Å². The van der Waals surface area contributed by atoms with E-state index in [1.807, 2.05) is 37.2 Å². The van der Waals surface area contributed by atoms with E-state index in [2.05, 4.69) is 25.3 Å². The molecule has 9 heteroatoms. The second kappa shape index (κ2) is 7.14. The fraction of sp³-hybridized carbons (Fsp3) is 0.474. The van der Waals surface area contributed by atoms with E-state index in [0.29, 0.717) is 23.9 Å². The van der Waals surface area contributed by atoms with E-state index >= 15 is 0 Å². The standard InChI is InChI=1S/C19H24N8O/c1-12-15(13(2)26(4)24-12)11-25(3)19(28)14-6-5-9-27-17(14)22-23-18(27)16-10-20-7-8-21-16/h7-8,10,14H,5-6,9,11H2,1-4H3. The zero-order chi connectivity index (χ0) is 19.8. The van der Waals surface area contributed by atoms with Crippen LogP contribution < -0.4 is 0 Å². The maximum Gasteiger partial charge on any atom is 0.233 e. The summed E-state index contributed by atoms with van der Waals surface area (Å²) in [6, 6.07) is 0. The molecule has 0 spiro atoms. The molecule has 0 bridgehead atoms. The number of fused-ring (bicyclic) bond motifs is 1. The monoisotopic (exact) mass is 380 g/mol. The van der Waals surface area contributed by atoms with Crippen molar-refractivity contribution in [1.82, 2.24) is 39.4 Å². The highest BCUT2D eigenvalue weighted by molar-refractivity contribution is 5.83. The molecule has 4 rings (SSSR count). The van der Waals surface area contributed by atoms with Gasteiger partial charge >= 0.3 is 0 Å². The molecule has 0 N–H and O–H groups in total. The summed E-state index contributed by atoms with van der Waals surface area (Å²) in [5.41, 5.74) is 3.80. The summed E-state index contributed by atoms with van der Waals surface area (Å²) >= 11 is 0. The van der Waals surface area contributed by atoms with Crippen LogP contribution in [0.4, 0.5) is 0 Å². The van der Waals surface area contributed by atoms with Crippen LogP contribution in [0.2, 0.25) is 0 Å². The van der Waals surface area contributed by atoms with Crippen molar-refractivity contribution in [2.75, 3.05) is 7.05 Å². The Balaban J connectivity index is 1.59. The molecule has 1 aliphatic heterocycles. The molecule has 0 aliphatic carbocycles. The van der Waals surface area contributed by atoms with Crippen molar-refractivity contribution in [3.8, 4) is 11.5 Å². The number of nitrogens with zero attached hydrogens (tertiary/aromatic N) is 8. The predicted molar refractivity (Wildman–Crippen MR) is 102 cm³/mol. The van der Waals surface area contributed by atoms with Crippen LogP contribution in [0.15, 0.2) is 18.6 Å². The van der Waals surface area contributed by atoms with Crippen LogP contribution in [0.5, 0.6) is 0 Å². The minimum atomic E-state index is -0.297.